The van der Waals surface area contributed by atoms with Gasteiger partial charge in [0.25, 0.3) is 0 Å². The maximum Gasteiger partial charge on any atom is 0.227 e. The Bertz CT molecular complexity index is 459. The third-order valence-electron chi connectivity index (χ3n) is 3.55. The first-order valence-corrected chi connectivity index (χ1v) is 6.40. The fourth-order valence-corrected chi connectivity index (χ4v) is 2.29. The predicted molar refractivity (Wildman–Crippen MR) is 70.7 cm³/mol. The summed E-state index contributed by atoms with van der Waals surface area (Å²) >= 11 is 0. The average molecular weight is 266 g/mol. The van der Waals surface area contributed by atoms with Crippen molar-refractivity contribution in [1.29, 1.82) is 0 Å². The number of likely N-dealkylation sites (N-methyl/N-ethyl adjacent to an activating group) is 1. The van der Waals surface area contributed by atoms with Crippen LogP contribution in [0.2, 0.25) is 0 Å². The Morgan fingerprint density at radius 3 is 2.95 bits per heavy atom. The van der Waals surface area contributed by atoms with Crippen molar-refractivity contribution in [3.63, 3.8) is 0 Å². The number of nitrogens with zero attached hydrogens (tertiary/aromatic N) is 1. The third kappa shape index (κ3) is 3.23. The zero-order valence-corrected chi connectivity index (χ0v) is 11.3. The predicted octanol–water partition coefficient (Wildman–Crippen LogP) is 1.20. The van der Waals surface area contributed by atoms with Crippen LogP contribution < -0.4 is 10.1 Å². The first kappa shape index (κ1) is 13.8. The van der Waals surface area contributed by atoms with Crippen LogP contribution in [-0.4, -0.2) is 44.1 Å². The number of hydrogen-bond donors (Lipinski definition) is 1. The summed E-state index contributed by atoms with van der Waals surface area (Å²) < 4.78 is 18.4. The van der Waals surface area contributed by atoms with E-state index in [1.165, 1.54) is 13.2 Å². The Morgan fingerprint density at radius 2 is 2.37 bits per heavy atom. The van der Waals surface area contributed by atoms with Crippen LogP contribution in [-0.2, 0) is 11.2 Å². The molecule has 5 heteroatoms. The molecule has 0 aromatic heterocycles. The molecule has 1 N–H and O–H groups in total. The molecule has 0 aliphatic carbocycles. The van der Waals surface area contributed by atoms with E-state index >= 15 is 0 Å². The second-order valence-corrected chi connectivity index (χ2v) is 4.80. The molecule has 0 saturated carbocycles. The van der Waals surface area contributed by atoms with Crippen molar-refractivity contribution in [3.8, 4) is 5.75 Å². The SMILES string of the molecule is COc1ccc(CC(=O)N(C)[C@@H]2CCNC2)cc1F. The van der Waals surface area contributed by atoms with Gasteiger partial charge in [-0.15, -0.1) is 0 Å². The molecular formula is C14H19FN2O2. The Kier molecular flexibility index (Phi) is 4.37. The van der Waals surface area contributed by atoms with Gasteiger partial charge in [-0.3, -0.25) is 4.79 Å². The highest BCUT2D eigenvalue weighted by Crippen LogP contribution is 2.18. The number of methoxy groups -OCH3 is 1. The molecule has 0 radical (unpaired) electrons. The molecule has 19 heavy (non-hydrogen) atoms. The Morgan fingerprint density at radius 1 is 1.58 bits per heavy atom. The molecule has 0 spiro atoms. The zero-order chi connectivity index (χ0) is 13.8. The number of rotatable bonds is 4. The highest BCUT2D eigenvalue weighted by Gasteiger charge is 2.23. The van der Waals surface area contributed by atoms with E-state index in [9.17, 15) is 9.18 Å². The van der Waals surface area contributed by atoms with Crippen molar-refractivity contribution in [2.75, 3.05) is 27.2 Å². The number of halogens is 1. The summed E-state index contributed by atoms with van der Waals surface area (Å²) in [7, 11) is 3.23. The van der Waals surface area contributed by atoms with Gasteiger partial charge in [0.2, 0.25) is 5.91 Å². The number of nitrogens with one attached hydrogen (secondary N) is 1. The van der Waals surface area contributed by atoms with Gasteiger partial charge in [-0.25, -0.2) is 4.39 Å². The van der Waals surface area contributed by atoms with E-state index < -0.39 is 5.82 Å². The molecule has 0 unspecified atom stereocenters. The molecule has 1 aliphatic rings. The lowest BCUT2D eigenvalue weighted by atomic mass is 10.1. The minimum absolute atomic E-state index is 0.0123. The van der Waals surface area contributed by atoms with Gasteiger partial charge < -0.3 is 15.0 Å². The highest BCUT2D eigenvalue weighted by molar-refractivity contribution is 5.79. The van der Waals surface area contributed by atoms with Crippen LogP contribution >= 0.6 is 0 Å². The third-order valence-corrected chi connectivity index (χ3v) is 3.55. The van der Waals surface area contributed by atoms with Gasteiger partial charge in [0.15, 0.2) is 11.6 Å². The van der Waals surface area contributed by atoms with E-state index in [0.29, 0.717) is 5.56 Å². The Hall–Kier alpha value is -1.62. The number of hydrogen-bond acceptors (Lipinski definition) is 3. The van der Waals surface area contributed by atoms with Gasteiger partial charge in [-0.05, 0) is 30.7 Å². The summed E-state index contributed by atoms with van der Waals surface area (Å²) in [5.74, 6) is -0.221. The molecule has 1 aromatic carbocycles. The van der Waals surface area contributed by atoms with Crippen molar-refractivity contribution >= 4 is 5.91 Å². The fraction of sp³-hybridized carbons (Fsp3) is 0.500. The van der Waals surface area contributed by atoms with Crippen molar-refractivity contribution in [1.82, 2.24) is 10.2 Å². The molecular weight excluding hydrogens is 247 g/mol. The first-order valence-electron chi connectivity index (χ1n) is 6.40. The Labute approximate surface area is 112 Å². The van der Waals surface area contributed by atoms with Crippen LogP contribution in [0, 0.1) is 5.82 Å². The van der Waals surface area contributed by atoms with Gasteiger partial charge in [0.1, 0.15) is 0 Å². The van der Waals surface area contributed by atoms with Crippen molar-refractivity contribution in [3.05, 3.63) is 29.6 Å². The average Bonchev–Trinajstić information content (AvgIpc) is 2.92. The maximum absolute atomic E-state index is 13.5. The topological polar surface area (TPSA) is 41.6 Å². The van der Waals surface area contributed by atoms with Gasteiger partial charge in [0, 0.05) is 19.6 Å². The van der Waals surface area contributed by atoms with Crippen LogP contribution in [0.1, 0.15) is 12.0 Å². The monoisotopic (exact) mass is 266 g/mol. The molecule has 4 nitrogen and oxygen atoms in total. The molecule has 1 atom stereocenters. The molecule has 1 amide bonds. The Balaban J connectivity index is 2.00. The van der Waals surface area contributed by atoms with E-state index in [2.05, 4.69) is 5.32 Å². The maximum atomic E-state index is 13.5. The molecule has 0 bridgehead atoms. The number of benzene rings is 1. The quantitative estimate of drug-likeness (QED) is 0.890. The first-order chi connectivity index (χ1) is 9.11. The highest BCUT2D eigenvalue weighted by atomic mass is 19.1. The largest absolute Gasteiger partial charge is 0.494 e. The minimum Gasteiger partial charge on any atom is -0.494 e. The van der Waals surface area contributed by atoms with E-state index in [0.717, 1.165) is 19.5 Å². The summed E-state index contributed by atoms with van der Waals surface area (Å²) in [6, 6.07) is 4.88. The summed E-state index contributed by atoms with van der Waals surface area (Å²) in [6.07, 6.45) is 1.19. The summed E-state index contributed by atoms with van der Waals surface area (Å²) in [4.78, 5) is 13.9. The van der Waals surface area contributed by atoms with Gasteiger partial charge in [-0.2, -0.15) is 0 Å². The van der Waals surface area contributed by atoms with Crippen LogP contribution in [0.5, 0.6) is 5.75 Å². The number of amides is 1. The second-order valence-electron chi connectivity index (χ2n) is 4.80. The molecule has 1 aromatic rings. The lowest BCUT2D eigenvalue weighted by Gasteiger charge is -2.23. The van der Waals surface area contributed by atoms with Gasteiger partial charge in [-0.1, -0.05) is 6.07 Å². The lowest BCUT2D eigenvalue weighted by molar-refractivity contribution is -0.130. The van der Waals surface area contributed by atoms with Crippen molar-refractivity contribution < 1.29 is 13.9 Å². The summed E-state index contributed by atoms with van der Waals surface area (Å²) in [6.45, 7) is 1.78. The van der Waals surface area contributed by atoms with Crippen LogP contribution in [0.25, 0.3) is 0 Å². The lowest BCUT2D eigenvalue weighted by Crippen LogP contribution is -2.39. The smallest absolute Gasteiger partial charge is 0.227 e. The molecule has 1 aliphatic heterocycles. The van der Waals surface area contributed by atoms with Crippen molar-refractivity contribution in [2.24, 2.45) is 0 Å². The standard InChI is InChI=1S/C14H19FN2O2/c1-17(11-5-6-16-9-11)14(18)8-10-3-4-13(19-2)12(15)7-10/h3-4,7,11,16H,5-6,8-9H2,1-2H3/t11-/m1/s1. The van der Waals surface area contributed by atoms with Crippen LogP contribution in [0.15, 0.2) is 18.2 Å². The normalized spacial score (nSPS) is 18.4. The number of ether oxygens (including phenoxy) is 1. The zero-order valence-electron chi connectivity index (χ0n) is 11.3. The number of carbonyl (C=O) groups excluding carboxylic acids is 1. The second kappa shape index (κ2) is 6.02. The van der Waals surface area contributed by atoms with E-state index in [1.807, 2.05) is 0 Å². The summed E-state index contributed by atoms with van der Waals surface area (Å²) in [5.41, 5.74) is 0.668. The van der Waals surface area contributed by atoms with Crippen molar-refractivity contribution in [2.45, 2.75) is 18.9 Å². The molecule has 1 saturated heterocycles. The summed E-state index contributed by atoms with van der Waals surface area (Å²) in [5, 5.41) is 3.23. The van der Waals surface area contributed by atoms with E-state index in [-0.39, 0.29) is 24.1 Å². The van der Waals surface area contributed by atoms with E-state index in [1.54, 1.807) is 24.1 Å². The minimum atomic E-state index is -0.432. The molecule has 1 fully saturated rings. The molecule has 2 rings (SSSR count). The molecule has 1 heterocycles. The van der Waals surface area contributed by atoms with Gasteiger partial charge in [0.05, 0.1) is 13.5 Å². The molecule has 104 valence electrons. The van der Waals surface area contributed by atoms with E-state index in [4.69, 9.17) is 4.74 Å². The van der Waals surface area contributed by atoms with Gasteiger partial charge >= 0.3 is 0 Å². The fourth-order valence-electron chi connectivity index (χ4n) is 2.29. The van der Waals surface area contributed by atoms with Crippen LogP contribution in [0.3, 0.4) is 0 Å². The number of carbonyl (C=O) groups is 1. The van der Waals surface area contributed by atoms with Crippen LogP contribution in [0.4, 0.5) is 4.39 Å².